The third kappa shape index (κ3) is 4.47. The standard InChI is InChI=1S/C15H14BrClN2S/c1-10(11-4-2-6-13(17)8-11)18-15(20)19-14-7-3-5-12(16)9-14/h2-10H,1H3,(H2,18,19,20)/t10-/m0/s1. The van der Waals surface area contributed by atoms with E-state index in [4.69, 9.17) is 23.8 Å². The van der Waals surface area contributed by atoms with E-state index in [1.54, 1.807) is 0 Å². The van der Waals surface area contributed by atoms with Crippen LogP contribution in [0.4, 0.5) is 5.69 Å². The van der Waals surface area contributed by atoms with E-state index in [2.05, 4.69) is 26.6 Å². The second-order valence-corrected chi connectivity index (χ2v) is 6.15. The van der Waals surface area contributed by atoms with Crippen molar-refractivity contribution < 1.29 is 0 Å². The van der Waals surface area contributed by atoms with E-state index in [9.17, 15) is 0 Å². The molecule has 0 radical (unpaired) electrons. The number of hydrogen-bond donors (Lipinski definition) is 2. The van der Waals surface area contributed by atoms with E-state index >= 15 is 0 Å². The first-order chi connectivity index (χ1) is 9.54. The molecule has 0 saturated heterocycles. The first-order valence-electron chi connectivity index (χ1n) is 6.13. The molecule has 0 saturated carbocycles. The number of thiocarbonyl (C=S) groups is 1. The summed E-state index contributed by atoms with van der Waals surface area (Å²) in [4.78, 5) is 0. The second-order valence-electron chi connectivity index (χ2n) is 4.39. The van der Waals surface area contributed by atoms with Crippen LogP contribution in [-0.4, -0.2) is 5.11 Å². The molecule has 2 nitrogen and oxygen atoms in total. The van der Waals surface area contributed by atoms with Crippen LogP contribution < -0.4 is 10.6 Å². The van der Waals surface area contributed by atoms with Crippen molar-refractivity contribution in [1.29, 1.82) is 0 Å². The molecule has 2 rings (SSSR count). The van der Waals surface area contributed by atoms with Crippen molar-refractivity contribution in [2.24, 2.45) is 0 Å². The van der Waals surface area contributed by atoms with E-state index in [-0.39, 0.29) is 6.04 Å². The third-order valence-electron chi connectivity index (χ3n) is 2.78. The maximum Gasteiger partial charge on any atom is 0.171 e. The molecule has 0 spiro atoms. The van der Waals surface area contributed by atoms with E-state index in [1.165, 1.54) is 0 Å². The predicted octanol–water partition coefficient (Wildman–Crippen LogP) is 5.15. The first-order valence-corrected chi connectivity index (χ1v) is 7.71. The Labute approximate surface area is 137 Å². The molecular formula is C15H14BrClN2S. The molecule has 0 aromatic heterocycles. The van der Waals surface area contributed by atoms with Crippen LogP contribution >= 0.6 is 39.7 Å². The molecule has 0 aliphatic heterocycles. The Morgan fingerprint density at radius 2 is 1.95 bits per heavy atom. The number of hydrogen-bond acceptors (Lipinski definition) is 1. The summed E-state index contributed by atoms with van der Waals surface area (Å²) in [5, 5.41) is 7.70. The van der Waals surface area contributed by atoms with Crippen LogP contribution in [0.25, 0.3) is 0 Å². The summed E-state index contributed by atoms with van der Waals surface area (Å²) >= 11 is 14.7. The van der Waals surface area contributed by atoms with Gasteiger partial charge in [-0.1, -0.05) is 45.7 Å². The summed E-state index contributed by atoms with van der Waals surface area (Å²) in [6.07, 6.45) is 0. The highest BCUT2D eigenvalue weighted by atomic mass is 79.9. The lowest BCUT2D eigenvalue weighted by Gasteiger charge is -2.17. The van der Waals surface area contributed by atoms with Gasteiger partial charge in [0.05, 0.1) is 6.04 Å². The molecule has 0 aliphatic carbocycles. The lowest BCUT2D eigenvalue weighted by atomic mass is 10.1. The molecule has 0 aliphatic rings. The molecule has 2 aromatic rings. The lowest BCUT2D eigenvalue weighted by Crippen LogP contribution is -2.30. The van der Waals surface area contributed by atoms with E-state index < -0.39 is 0 Å². The van der Waals surface area contributed by atoms with Gasteiger partial charge in [-0.2, -0.15) is 0 Å². The number of rotatable bonds is 3. The number of halogens is 2. The summed E-state index contributed by atoms with van der Waals surface area (Å²) in [5.41, 5.74) is 2.03. The third-order valence-corrected chi connectivity index (χ3v) is 3.73. The average Bonchev–Trinajstić information content (AvgIpc) is 2.38. The van der Waals surface area contributed by atoms with Crippen molar-refractivity contribution in [3.63, 3.8) is 0 Å². The van der Waals surface area contributed by atoms with Crippen molar-refractivity contribution in [2.75, 3.05) is 5.32 Å². The Morgan fingerprint density at radius 1 is 1.20 bits per heavy atom. The van der Waals surface area contributed by atoms with Crippen molar-refractivity contribution >= 4 is 50.5 Å². The molecule has 0 fully saturated rings. The minimum Gasteiger partial charge on any atom is -0.356 e. The number of benzene rings is 2. The van der Waals surface area contributed by atoms with Gasteiger partial charge in [-0.15, -0.1) is 0 Å². The van der Waals surface area contributed by atoms with Crippen molar-refractivity contribution in [3.8, 4) is 0 Å². The quantitative estimate of drug-likeness (QED) is 0.732. The minimum absolute atomic E-state index is 0.0841. The molecule has 5 heteroatoms. The molecule has 0 bridgehead atoms. The largest absolute Gasteiger partial charge is 0.356 e. The molecule has 20 heavy (non-hydrogen) atoms. The van der Waals surface area contributed by atoms with E-state index in [1.807, 2.05) is 55.5 Å². The zero-order chi connectivity index (χ0) is 14.5. The highest BCUT2D eigenvalue weighted by Crippen LogP contribution is 2.18. The van der Waals surface area contributed by atoms with Crippen molar-refractivity contribution in [2.45, 2.75) is 13.0 Å². The smallest absolute Gasteiger partial charge is 0.171 e. The molecule has 2 N–H and O–H groups in total. The summed E-state index contributed by atoms with van der Waals surface area (Å²) in [6.45, 7) is 2.04. The van der Waals surface area contributed by atoms with Gasteiger partial charge in [-0.25, -0.2) is 0 Å². The summed E-state index contributed by atoms with van der Waals surface area (Å²) in [7, 11) is 0. The summed E-state index contributed by atoms with van der Waals surface area (Å²) < 4.78 is 1.01. The minimum atomic E-state index is 0.0841. The Kier molecular flexibility index (Phi) is 5.40. The highest BCUT2D eigenvalue weighted by Gasteiger charge is 2.07. The Morgan fingerprint density at radius 3 is 2.65 bits per heavy atom. The van der Waals surface area contributed by atoms with Gasteiger partial charge >= 0.3 is 0 Å². The van der Waals surface area contributed by atoms with E-state index in [0.29, 0.717) is 5.11 Å². The first kappa shape index (κ1) is 15.3. The molecule has 2 aromatic carbocycles. The normalized spacial score (nSPS) is 11.8. The Hall–Kier alpha value is -1.10. The van der Waals surface area contributed by atoms with E-state index in [0.717, 1.165) is 20.7 Å². The topological polar surface area (TPSA) is 24.1 Å². The van der Waals surface area contributed by atoms with Gasteiger partial charge in [0, 0.05) is 15.2 Å². The average molecular weight is 370 g/mol. The molecule has 1 atom stereocenters. The molecular weight excluding hydrogens is 356 g/mol. The van der Waals surface area contributed by atoms with Gasteiger partial charge in [-0.05, 0) is 55.0 Å². The maximum absolute atomic E-state index is 5.99. The summed E-state index contributed by atoms with van der Waals surface area (Å²) in [5.74, 6) is 0. The predicted molar refractivity (Wildman–Crippen MR) is 93.4 cm³/mol. The molecule has 0 heterocycles. The summed E-state index contributed by atoms with van der Waals surface area (Å²) in [6, 6.07) is 15.7. The molecule has 0 unspecified atom stereocenters. The Balaban J connectivity index is 1.97. The SMILES string of the molecule is C[C@H](NC(=S)Nc1cccc(Br)c1)c1cccc(Cl)c1. The zero-order valence-electron chi connectivity index (χ0n) is 10.9. The molecule has 104 valence electrons. The van der Waals surface area contributed by atoms with Crippen LogP contribution in [0.5, 0.6) is 0 Å². The van der Waals surface area contributed by atoms with Crippen LogP contribution in [0.3, 0.4) is 0 Å². The zero-order valence-corrected chi connectivity index (χ0v) is 14.0. The van der Waals surface area contributed by atoms with Crippen LogP contribution in [0.15, 0.2) is 53.0 Å². The van der Waals surface area contributed by atoms with Crippen LogP contribution in [0, 0.1) is 0 Å². The van der Waals surface area contributed by atoms with Gasteiger partial charge in [0.15, 0.2) is 5.11 Å². The lowest BCUT2D eigenvalue weighted by molar-refractivity contribution is 0.723. The molecule has 0 amide bonds. The van der Waals surface area contributed by atoms with Crippen LogP contribution in [0.1, 0.15) is 18.5 Å². The Bertz CT molecular complexity index is 618. The van der Waals surface area contributed by atoms with Crippen LogP contribution in [-0.2, 0) is 0 Å². The van der Waals surface area contributed by atoms with Crippen LogP contribution in [0.2, 0.25) is 5.02 Å². The van der Waals surface area contributed by atoms with Gasteiger partial charge in [0.25, 0.3) is 0 Å². The second kappa shape index (κ2) is 7.07. The van der Waals surface area contributed by atoms with Gasteiger partial charge in [0.1, 0.15) is 0 Å². The number of anilines is 1. The van der Waals surface area contributed by atoms with Crippen molar-refractivity contribution in [3.05, 3.63) is 63.6 Å². The fourth-order valence-electron chi connectivity index (χ4n) is 1.79. The fourth-order valence-corrected chi connectivity index (χ4v) is 2.68. The monoisotopic (exact) mass is 368 g/mol. The maximum atomic E-state index is 5.99. The highest BCUT2D eigenvalue weighted by molar-refractivity contribution is 9.10. The van der Waals surface area contributed by atoms with Gasteiger partial charge < -0.3 is 10.6 Å². The van der Waals surface area contributed by atoms with Gasteiger partial charge in [0.2, 0.25) is 0 Å². The van der Waals surface area contributed by atoms with Gasteiger partial charge in [-0.3, -0.25) is 0 Å². The fraction of sp³-hybridized carbons (Fsp3) is 0.133. The number of nitrogens with one attached hydrogen (secondary N) is 2. The van der Waals surface area contributed by atoms with Crippen molar-refractivity contribution in [1.82, 2.24) is 5.32 Å².